The Kier molecular flexibility index (Phi) is 3.66. The van der Waals surface area contributed by atoms with E-state index in [9.17, 15) is 4.79 Å². The van der Waals surface area contributed by atoms with Gasteiger partial charge in [0.15, 0.2) is 5.82 Å². The van der Waals surface area contributed by atoms with Crippen LogP contribution in [0.2, 0.25) is 0 Å². The monoisotopic (exact) mass is 262 g/mol. The van der Waals surface area contributed by atoms with Crippen molar-refractivity contribution in [3.63, 3.8) is 0 Å². The molecule has 0 radical (unpaired) electrons. The molecule has 4 heteroatoms. The Hall–Kier alpha value is -1.42. The van der Waals surface area contributed by atoms with Crippen LogP contribution in [-0.4, -0.2) is 9.97 Å². The molecular formula is C14H18N2OS. The molecule has 0 aliphatic heterocycles. The standard InChI is InChI=1S/C14H18N2OS/c1-5-10-6-7-11(18-10)13-15-9(4)12(8(2)3)14(17)16-13/h6-8H,5H2,1-4H3,(H,15,16,17). The summed E-state index contributed by atoms with van der Waals surface area (Å²) in [4.78, 5) is 21.8. The second-order valence-corrected chi connectivity index (χ2v) is 5.86. The summed E-state index contributed by atoms with van der Waals surface area (Å²) in [6.45, 7) is 8.06. The number of hydrogen-bond donors (Lipinski definition) is 1. The van der Waals surface area contributed by atoms with Crippen molar-refractivity contribution >= 4 is 11.3 Å². The summed E-state index contributed by atoms with van der Waals surface area (Å²) in [5.41, 5.74) is 1.60. The van der Waals surface area contributed by atoms with Gasteiger partial charge in [-0.05, 0) is 31.4 Å². The summed E-state index contributed by atoms with van der Waals surface area (Å²) in [5, 5.41) is 0. The second-order valence-electron chi connectivity index (χ2n) is 4.69. The van der Waals surface area contributed by atoms with E-state index in [-0.39, 0.29) is 11.5 Å². The first-order chi connectivity index (χ1) is 8.52. The van der Waals surface area contributed by atoms with Gasteiger partial charge in [0.25, 0.3) is 5.56 Å². The molecule has 0 aliphatic rings. The maximum absolute atomic E-state index is 12.1. The highest BCUT2D eigenvalue weighted by Gasteiger charge is 2.13. The van der Waals surface area contributed by atoms with E-state index in [1.807, 2.05) is 26.8 Å². The van der Waals surface area contributed by atoms with Crippen LogP contribution in [-0.2, 0) is 6.42 Å². The summed E-state index contributed by atoms with van der Waals surface area (Å²) < 4.78 is 0. The van der Waals surface area contributed by atoms with Crippen molar-refractivity contribution in [2.24, 2.45) is 0 Å². The first-order valence-electron chi connectivity index (χ1n) is 6.22. The van der Waals surface area contributed by atoms with Gasteiger partial charge in [0.2, 0.25) is 0 Å². The normalized spacial score (nSPS) is 11.2. The number of aromatic nitrogens is 2. The van der Waals surface area contributed by atoms with E-state index in [1.54, 1.807) is 11.3 Å². The molecule has 18 heavy (non-hydrogen) atoms. The number of H-pyrrole nitrogens is 1. The van der Waals surface area contributed by atoms with Crippen molar-refractivity contribution in [1.82, 2.24) is 9.97 Å². The van der Waals surface area contributed by atoms with E-state index < -0.39 is 0 Å². The predicted octanol–water partition coefficient (Wildman–Crippen LogP) is 3.49. The molecule has 0 fully saturated rings. The van der Waals surface area contributed by atoms with E-state index in [2.05, 4.69) is 23.0 Å². The van der Waals surface area contributed by atoms with Gasteiger partial charge in [-0.3, -0.25) is 4.79 Å². The largest absolute Gasteiger partial charge is 0.306 e. The average molecular weight is 262 g/mol. The lowest BCUT2D eigenvalue weighted by atomic mass is 10.0. The Balaban J connectivity index is 2.51. The van der Waals surface area contributed by atoms with Crippen LogP contribution in [0.3, 0.4) is 0 Å². The van der Waals surface area contributed by atoms with Gasteiger partial charge in [-0.15, -0.1) is 11.3 Å². The van der Waals surface area contributed by atoms with Crippen LogP contribution in [0.4, 0.5) is 0 Å². The number of aromatic amines is 1. The Morgan fingerprint density at radius 2 is 2.11 bits per heavy atom. The number of rotatable bonds is 3. The quantitative estimate of drug-likeness (QED) is 0.920. The van der Waals surface area contributed by atoms with Crippen molar-refractivity contribution in [1.29, 1.82) is 0 Å². The Morgan fingerprint density at radius 3 is 2.61 bits per heavy atom. The maximum atomic E-state index is 12.1. The molecule has 96 valence electrons. The Labute approximate surface area is 111 Å². The maximum Gasteiger partial charge on any atom is 0.254 e. The zero-order valence-electron chi connectivity index (χ0n) is 11.2. The van der Waals surface area contributed by atoms with Gasteiger partial charge in [0.05, 0.1) is 4.88 Å². The van der Waals surface area contributed by atoms with Crippen LogP contribution in [0.1, 0.15) is 42.8 Å². The third kappa shape index (κ3) is 2.38. The van der Waals surface area contributed by atoms with Crippen LogP contribution in [0.25, 0.3) is 10.7 Å². The van der Waals surface area contributed by atoms with Crippen LogP contribution in [0, 0.1) is 6.92 Å². The highest BCUT2D eigenvalue weighted by atomic mass is 32.1. The molecule has 0 bridgehead atoms. The molecule has 3 nitrogen and oxygen atoms in total. The first kappa shape index (κ1) is 13.0. The van der Waals surface area contributed by atoms with Crippen LogP contribution < -0.4 is 5.56 Å². The molecule has 1 N–H and O–H groups in total. The van der Waals surface area contributed by atoms with Crippen LogP contribution in [0.5, 0.6) is 0 Å². The molecule has 0 aromatic carbocycles. The van der Waals surface area contributed by atoms with Gasteiger partial charge in [-0.1, -0.05) is 20.8 Å². The minimum Gasteiger partial charge on any atom is -0.306 e. The highest BCUT2D eigenvalue weighted by Crippen LogP contribution is 2.26. The van der Waals surface area contributed by atoms with E-state index in [1.165, 1.54) is 4.88 Å². The van der Waals surface area contributed by atoms with Crippen molar-refractivity contribution in [2.75, 3.05) is 0 Å². The summed E-state index contributed by atoms with van der Waals surface area (Å²) in [5.74, 6) is 0.886. The van der Waals surface area contributed by atoms with Crippen molar-refractivity contribution in [2.45, 2.75) is 40.0 Å². The number of thiophene rings is 1. The van der Waals surface area contributed by atoms with Gasteiger partial charge in [-0.25, -0.2) is 4.98 Å². The van der Waals surface area contributed by atoms with Crippen LogP contribution >= 0.6 is 11.3 Å². The Morgan fingerprint density at radius 1 is 1.39 bits per heavy atom. The zero-order chi connectivity index (χ0) is 13.3. The smallest absolute Gasteiger partial charge is 0.254 e. The van der Waals surface area contributed by atoms with Gasteiger partial charge >= 0.3 is 0 Å². The summed E-state index contributed by atoms with van der Waals surface area (Å²) in [6, 6.07) is 4.11. The van der Waals surface area contributed by atoms with Gasteiger partial charge in [0, 0.05) is 16.1 Å². The molecule has 0 atom stereocenters. The lowest BCUT2D eigenvalue weighted by Crippen LogP contribution is -2.18. The lowest BCUT2D eigenvalue weighted by molar-refractivity contribution is 0.815. The van der Waals surface area contributed by atoms with E-state index in [4.69, 9.17) is 0 Å². The van der Waals surface area contributed by atoms with Crippen molar-refractivity contribution in [3.05, 3.63) is 38.6 Å². The Bertz CT molecular complexity index is 610. The van der Waals surface area contributed by atoms with Gasteiger partial charge in [0.1, 0.15) is 0 Å². The molecule has 0 unspecified atom stereocenters. The number of aryl methyl sites for hydroxylation is 2. The molecule has 0 saturated carbocycles. The average Bonchev–Trinajstić information content (AvgIpc) is 2.75. The number of hydrogen-bond acceptors (Lipinski definition) is 3. The van der Waals surface area contributed by atoms with E-state index in [0.717, 1.165) is 22.6 Å². The summed E-state index contributed by atoms with van der Waals surface area (Å²) >= 11 is 1.68. The molecule has 0 saturated heterocycles. The van der Waals surface area contributed by atoms with Gasteiger partial charge < -0.3 is 4.98 Å². The molecule has 2 aromatic heterocycles. The minimum atomic E-state index is -0.0149. The third-order valence-electron chi connectivity index (χ3n) is 2.97. The molecule has 2 rings (SSSR count). The fraction of sp³-hybridized carbons (Fsp3) is 0.429. The fourth-order valence-corrected chi connectivity index (χ4v) is 2.98. The molecule has 2 heterocycles. The van der Waals surface area contributed by atoms with Crippen molar-refractivity contribution < 1.29 is 0 Å². The van der Waals surface area contributed by atoms with E-state index in [0.29, 0.717) is 5.82 Å². The summed E-state index contributed by atoms with van der Waals surface area (Å²) in [7, 11) is 0. The molecule has 0 spiro atoms. The summed E-state index contributed by atoms with van der Waals surface area (Å²) in [6.07, 6.45) is 1.01. The fourth-order valence-electron chi connectivity index (χ4n) is 2.09. The minimum absolute atomic E-state index is 0.0149. The van der Waals surface area contributed by atoms with Crippen molar-refractivity contribution in [3.8, 4) is 10.7 Å². The zero-order valence-corrected chi connectivity index (χ0v) is 12.0. The topological polar surface area (TPSA) is 45.8 Å². The van der Waals surface area contributed by atoms with Crippen LogP contribution in [0.15, 0.2) is 16.9 Å². The highest BCUT2D eigenvalue weighted by molar-refractivity contribution is 7.15. The lowest BCUT2D eigenvalue weighted by Gasteiger charge is -2.08. The van der Waals surface area contributed by atoms with E-state index >= 15 is 0 Å². The van der Waals surface area contributed by atoms with Gasteiger partial charge in [-0.2, -0.15) is 0 Å². The molecular weight excluding hydrogens is 244 g/mol. The predicted molar refractivity (Wildman–Crippen MR) is 76.4 cm³/mol. The molecule has 0 amide bonds. The number of nitrogens with one attached hydrogen (secondary N) is 1. The molecule has 0 aliphatic carbocycles. The number of nitrogens with zero attached hydrogens (tertiary/aromatic N) is 1. The SMILES string of the molecule is CCc1ccc(-c2nc(C)c(C(C)C)c(=O)[nH]2)s1. The third-order valence-corrected chi connectivity index (χ3v) is 4.20. The second kappa shape index (κ2) is 5.06. The molecule has 2 aromatic rings. The first-order valence-corrected chi connectivity index (χ1v) is 7.04.